The zero-order chi connectivity index (χ0) is 15.0. The van der Waals surface area contributed by atoms with Crippen LogP contribution < -0.4 is 5.32 Å². The highest BCUT2D eigenvalue weighted by atomic mass is 32.1. The molecule has 1 amide bonds. The normalized spacial score (nSPS) is 12.5. The van der Waals surface area contributed by atoms with Crippen LogP contribution in [0, 0.1) is 6.92 Å². The Balaban J connectivity index is 1.85. The maximum atomic E-state index is 12.5. The minimum atomic E-state index is -0.0350. The molecule has 1 unspecified atom stereocenters. The second-order valence-corrected chi connectivity index (χ2v) is 6.61. The van der Waals surface area contributed by atoms with Crippen molar-refractivity contribution in [2.24, 2.45) is 7.05 Å². The second-order valence-electron chi connectivity index (χ2n) is 5.29. The van der Waals surface area contributed by atoms with Crippen LogP contribution in [0.3, 0.4) is 0 Å². The van der Waals surface area contributed by atoms with E-state index in [2.05, 4.69) is 24.4 Å². The smallest absolute Gasteiger partial charge is 0.268 e. The molecule has 1 aromatic carbocycles. The summed E-state index contributed by atoms with van der Waals surface area (Å²) in [5.41, 5.74) is 1.76. The molecule has 0 bridgehead atoms. The number of nitrogens with one attached hydrogen (secondary N) is 1. The maximum Gasteiger partial charge on any atom is 0.268 e. The lowest BCUT2D eigenvalue weighted by atomic mass is 10.2. The number of para-hydroxylation sites is 1. The van der Waals surface area contributed by atoms with Crippen LogP contribution in [0.1, 0.15) is 33.2 Å². The summed E-state index contributed by atoms with van der Waals surface area (Å²) >= 11 is 1.72. The Hall–Kier alpha value is -2.07. The Kier molecular flexibility index (Phi) is 3.55. The van der Waals surface area contributed by atoms with Gasteiger partial charge in [-0.15, -0.1) is 11.3 Å². The predicted molar refractivity (Wildman–Crippen MR) is 87.9 cm³/mol. The van der Waals surface area contributed by atoms with Gasteiger partial charge in [0.05, 0.1) is 6.04 Å². The van der Waals surface area contributed by atoms with Crippen molar-refractivity contribution in [3.8, 4) is 0 Å². The minimum Gasteiger partial charge on any atom is -0.343 e. The van der Waals surface area contributed by atoms with Gasteiger partial charge in [-0.05, 0) is 38.1 Å². The van der Waals surface area contributed by atoms with E-state index in [1.54, 1.807) is 11.3 Å². The third-order valence-electron chi connectivity index (χ3n) is 3.72. The molecule has 2 heterocycles. The zero-order valence-electron chi connectivity index (χ0n) is 12.4. The molecule has 1 N–H and O–H groups in total. The largest absolute Gasteiger partial charge is 0.343 e. The van der Waals surface area contributed by atoms with Gasteiger partial charge in [-0.2, -0.15) is 0 Å². The van der Waals surface area contributed by atoms with Crippen molar-refractivity contribution in [3.63, 3.8) is 0 Å². The summed E-state index contributed by atoms with van der Waals surface area (Å²) in [5.74, 6) is -0.0350. The Labute approximate surface area is 128 Å². The lowest BCUT2D eigenvalue weighted by Gasteiger charge is -2.12. The third kappa shape index (κ3) is 2.59. The molecule has 0 aliphatic heterocycles. The second kappa shape index (κ2) is 5.37. The van der Waals surface area contributed by atoms with Crippen LogP contribution in [0.2, 0.25) is 0 Å². The molecule has 21 heavy (non-hydrogen) atoms. The van der Waals surface area contributed by atoms with Crippen molar-refractivity contribution in [1.82, 2.24) is 9.88 Å². The molecule has 3 rings (SSSR count). The van der Waals surface area contributed by atoms with Gasteiger partial charge in [0.2, 0.25) is 0 Å². The Morgan fingerprint density at radius 3 is 2.67 bits per heavy atom. The highest BCUT2D eigenvalue weighted by Crippen LogP contribution is 2.23. The fourth-order valence-corrected chi connectivity index (χ4v) is 3.41. The standard InChI is InChI=1S/C17H18N2OS/c1-11-8-9-16(21-11)12(2)18-17(20)15-10-13-6-4-5-7-14(13)19(15)3/h4-10,12H,1-3H3,(H,18,20). The van der Waals surface area contributed by atoms with Crippen LogP contribution in [-0.2, 0) is 7.05 Å². The molecule has 0 radical (unpaired) electrons. The van der Waals surface area contributed by atoms with E-state index in [-0.39, 0.29) is 11.9 Å². The van der Waals surface area contributed by atoms with E-state index in [0.29, 0.717) is 5.69 Å². The van der Waals surface area contributed by atoms with E-state index in [1.165, 1.54) is 9.75 Å². The highest BCUT2D eigenvalue weighted by Gasteiger charge is 2.16. The summed E-state index contributed by atoms with van der Waals surface area (Å²) in [4.78, 5) is 14.9. The van der Waals surface area contributed by atoms with E-state index in [4.69, 9.17) is 0 Å². The molecule has 0 fully saturated rings. The lowest BCUT2D eigenvalue weighted by Crippen LogP contribution is -2.27. The Bertz CT molecular complexity index is 800. The first-order valence-electron chi connectivity index (χ1n) is 6.98. The van der Waals surface area contributed by atoms with Crippen LogP contribution in [0.25, 0.3) is 10.9 Å². The SMILES string of the molecule is Cc1ccc(C(C)NC(=O)c2cc3ccccc3n2C)s1. The number of amides is 1. The predicted octanol–water partition coefficient (Wildman–Crippen LogP) is 4.04. The summed E-state index contributed by atoms with van der Waals surface area (Å²) in [6, 6.07) is 14.1. The van der Waals surface area contributed by atoms with Gasteiger partial charge in [0.25, 0.3) is 5.91 Å². The van der Waals surface area contributed by atoms with Crippen LogP contribution in [0.15, 0.2) is 42.5 Å². The van der Waals surface area contributed by atoms with Gasteiger partial charge in [-0.1, -0.05) is 18.2 Å². The number of carbonyl (C=O) groups excluding carboxylic acids is 1. The Morgan fingerprint density at radius 2 is 2.00 bits per heavy atom. The molecule has 108 valence electrons. The number of carbonyl (C=O) groups is 1. The van der Waals surface area contributed by atoms with E-state index in [0.717, 1.165) is 10.9 Å². The lowest BCUT2D eigenvalue weighted by molar-refractivity contribution is 0.0932. The van der Waals surface area contributed by atoms with E-state index >= 15 is 0 Å². The molecule has 0 spiro atoms. The molecule has 0 saturated carbocycles. The first-order chi connectivity index (χ1) is 10.1. The number of benzene rings is 1. The third-order valence-corrected chi connectivity index (χ3v) is 4.90. The van der Waals surface area contributed by atoms with Crippen LogP contribution >= 0.6 is 11.3 Å². The first kappa shape index (κ1) is 13.9. The van der Waals surface area contributed by atoms with Crippen molar-refractivity contribution >= 4 is 28.1 Å². The van der Waals surface area contributed by atoms with Crippen molar-refractivity contribution in [1.29, 1.82) is 0 Å². The molecule has 3 aromatic rings. The van der Waals surface area contributed by atoms with Crippen LogP contribution in [0.4, 0.5) is 0 Å². The molecule has 4 heteroatoms. The van der Waals surface area contributed by atoms with E-state index in [9.17, 15) is 4.79 Å². The minimum absolute atomic E-state index is 0.0224. The maximum absolute atomic E-state index is 12.5. The van der Waals surface area contributed by atoms with Gasteiger partial charge in [-0.3, -0.25) is 4.79 Å². The molecule has 0 saturated heterocycles. The zero-order valence-corrected chi connectivity index (χ0v) is 13.2. The number of nitrogens with zero attached hydrogens (tertiary/aromatic N) is 1. The molecule has 0 aliphatic rings. The number of fused-ring (bicyclic) bond motifs is 1. The van der Waals surface area contributed by atoms with Crippen LogP contribution in [-0.4, -0.2) is 10.5 Å². The monoisotopic (exact) mass is 298 g/mol. The molecule has 1 atom stereocenters. The number of hydrogen-bond acceptors (Lipinski definition) is 2. The van der Waals surface area contributed by atoms with Gasteiger partial charge in [0, 0.05) is 27.7 Å². The van der Waals surface area contributed by atoms with E-state index in [1.807, 2.05) is 48.9 Å². The summed E-state index contributed by atoms with van der Waals surface area (Å²) in [6.07, 6.45) is 0. The number of hydrogen-bond donors (Lipinski definition) is 1. The van der Waals surface area contributed by atoms with Gasteiger partial charge in [-0.25, -0.2) is 0 Å². The molecule has 3 nitrogen and oxygen atoms in total. The van der Waals surface area contributed by atoms with Gasteiger partial charge < -0.3 is 9.88 Å². The van der Waals surface area contributed by atoms with Crippen molar-refractivity contribution < 1.29 is 4.79 Å². The number of aromatic nitrogens is 1. The molecule has 2 aromatic heterocycles. The number of aryl methyl sites for hydroxylation is 2. The van der Waals surface area contributed by atoms with Crippen LogP contribution in [0.5, 0.6) is 0 Å². The molecular formula is C17H18N2OS. The summed E-state index contributed by atoms with van der Waals surface area (Å²) in [5, 5.41) is 4.17. The van der Waals surface area contributed by atoms with Gasteiger partial charge in [0.1, 0.15) is 5.69 Å². The summed E-state index contributed by atoms with van der Waals surface area (Å²) in [7, 11) is 1.93. The number of thiophene rings is 1. The molecular weight excluding hydrogens is 280 g/mol. The average molecular weight is 298 g/mol. The average Bonchev–Trinajstić information content (AvgIpc) is 3.04. The fraction of sp³-hybridized carbons (Fsp3) is 0.235. The topological polar surface area (TPSA) is 34.0 Å². The van der Waals surface area contributed by atoms with Gasteiger partial charge >= 0.3 is 0 Å². The first-order valence-corrected chi connectivity index (χ1v) is 7.79. The van der Waals surface area contributed by atoms with Crippen molar-refractivity contribution in [3.05, 3.63) is 57.9 Å². The summed E-state index contributed by atoms with van der Waals surface area (Å²) in [6.45, 7) is 4.10. The molecule has 0 aliphatic carbocycles. The summed E-state index contributed by atoms with van der Waals surface area (Å²) < 4.78 is 1.94. The van der Waals surface area contributed by atoms with Crippen molar-refractivity contribution in [2.75, 3.05) is 0 Å². The quantitative estimate of drug-likeness (QED) is 0.778. The highest BCUT2D eigenvalue weighted by molar-refractivity contribution is 7.12. The number of rotatable bonds is 3. The van der Waals surface area contributed by atoms with Gasteiger partial charge in [0.15, 0.2) is 0 Å². The van der Waals surface area contributed by atoms with Crippen molar-refractivity contribution in [2.45, 2.75) is 19.9 Å². The van der Waals surface area contributed by atoms with E-state index < -0.39 is 0 Å². The Morgan fingerprint density at radius 1 is 1.24 bits per heavy atom. The fourth-order valence-electron chi connectivity index (χ4n) is 2.53.